The molecule has 31 heavy (non-hydrogen) atoms. The number of aromatic nitrogens is 2. The van der Waals surface area contributed by atoms with E-state index in [9.17, 15) is 4.79 Å². The fourth-order valence-corrected chi connectivity index (χ4v) is 3.55. The van der Waals surface area contributed by atoms with Crippen LogP contribution in [0, 0.1) is 0 Å². The lowest BCUT2D eigenvalue weighted by atomic mass is 10.1. The molecule has 0 atom stereocenters. The molecule has 0 aliphatic heterocycles. The number of benzene rings is 3. The van der Waals surface area contributed by atoms with Gasteiger partial charge in [-0.25, -0.2) is 4.68 Å². The molecule has 1 aromatic heterocycles. The van der Waals surface area contributed by atoms with Gasteiger partial charge in [0.05, 0.1) is 23.5 Å². The van der Waals surface area contributed by atoms with E-state index in [0.717, 1.165) is 23.4 Å². The minimum absolute atomic E-state index is 0.197. The van der Waals surface area contributed by atoms with Gasteiger partial charge in [-0.1, -0.05) is 60.1 Å². The Hall–Kier alpha value is -3.57. The molecule has 0 radical (unpaired) electrons. The van der Waals surface area contributed by atoms with Crippen molar-refractivity contribution in [1.29, 1.82) is 0 Å². The molecule has 156 valence electrons. The van der Waals surface area contributed by atoms with Gasteiger partial charge in [0.25, 0.3) is 5.91 Å². The Morgan fingerprint density at radius 3 is 2.42 bits per heavy atom. The zero-order valence-corrected chi connectivity index (χ0v) is 17.8. The number of nitrogens with zero attached hydrogens (tertiary/aromatic N) is 2. The number of carbonyl (C=O) groups is 1. The van der Waals surface area contributed by atoms with E-state index in [1.807, 2.05) is 78.9 Å². The minimum atomic E-state index is -0.197. The van der Waals surface area contributed by atoms with Crippen LogP contribution < -0.4 is 10.1 Å². The number of nitrogens with one attached hydrogen (secondary N) is 1. The summed E-state index contributed by atoms with van der Waals surface area (Å²) in [5, 5.41) is 8.27. The molecule has 6 heteroatoms. The Morgan fingerprint density at radius 2 is 1.71 bits per heavy atom. The third-order valence-corrected chi connectivity index (χ3v) is 5.28. The van der Waals surface area contributed by atoms with E-state index in [1.165, 1.54) is 5.56 Å². The number of halogens is 1. The van der Waals surface area contributed by atoms with Crippen molar-refractivity contribution in [1.82, 2.24) is 15.1 Å². The molecule has 0 aliphatic carbocycles. The minimum Gasteiger partial charge on any atom is -0.497 e. The SMILES string of the molecule is COc1ccc(-n2nc(-c3ccccc3Cl)cc2C(=O)NCCc2ccccc2)cc1. The van der Waals surface area contributed by atoms with Crippen molar-refractivity contribution in [3.63, 3.8) is 0 Å². The Labute approximate surface area is 186 Å². The summed E-state index contributed by atoms with van der Waals surface area (Å²) in [5.74, 6) is 0.536. The summed E-state index contributed by atoms with van der Waals surface area (Å²) < 4.78 is 6.88. The highest BCUT2D eigenvalue weighted by Gasteiger charge is 2.18. The lowest BCUT2D eigenvalue weighted by Crippen LogP contribution is -2.27. The van der Waals surface area contributed by atoms with E-state index < -0.39 is 0 Å². The molecule has 0 fully saturated rings. The van der Waals surface area contributed by atoms with E-state index in [0.29, 0.717) is 23.0 Å². The van der Waals surface area contributed by atoms with Crippen molar-refractivity contribution in [3.05, 3.63) is 101 Å². The van der Waals surface area contributed by atoms with Crippen molar-refractivity contribution in [2.75, 3.05) is 13.7 Å². The molecule has 3 aromatic carbocycles. The summed E-state index contributed by atoms with van der Waals surface area (Å²) in [5.41, 5.74) is 3.77. The van der Waals surface area contributed by atoms with E-state index in [-0.39, 0.29) is 5.91 Å². The molecule has 0 saturated heterocycles. The summed E-state index contributed by atoms with van der Waals surface area (Å²) in [6.45, 7) is 0.526. The molecular weight excluding hydrogens is 410 g/mol. The number of methoxy groups -OCH3 is 1. The van der Waals surface area contributed by atoms with E-state index in [2.05, 4.69) is 10.4 Å². The normalized spacial score (nSPS) is 10.6. The topological polar surface area (TPSA) is 56.2 Å². The number of rotatable bonds is 7. The van der Waals surface area contributed by atoms with Gasteiger partial charge in [-0.15, -0.1) is 0 Å². The van der Waals surface area contributed by atoms with Crippen molar-refractivity contribution in [3.8, 4) is 22.7 Å². The standard InChI is InChI=1S/C25H22ClN3O2/c1-31-20-13-11-19(12-14-20)29-24(17-23(28-29)21-9-5-6-10-22(21)26)25(30)27-16-15-18-7-3-2-4-8-18/h2-14,17H,15-16H2,1H3,(H,27,30). The van der Waals surface area contributed by atoms with Gasteiger partial charge in [0.15, 0.2) is 0 Å². The molecule has 4 aromatic rings. The van der Waals surface area contributed by atoms with Crippen LogP contribution in [0.4, 0.5) is 0 Å². The van der Waals surface area contributed by atoms with Crippen molar-refractivity contribution in [2.45, 2.75) is 6.42 Å². The average Bonchev–Trinajstić information content (AvgIpc) is 3.25. The summed E-state index contributed by atoms with van der Waals surface area (Å²) in [4.78, 5) is 13.1. The van der Waals surface area contributed by atoms with E-state index >= 15 is 0 Å². The van der Waals surface area contributed by atoms with Crippen molar-refractivity contribution < 1.29 is 9.53 Å². The highest BCUT2D eigenvalue weighted by molar-refractivity contribution is 6.33. The van der Waals surface area contributed by atoms with Gasteiger partial charge < -0.3 is 10.1 Å². The molecule has 1 N–H and O–H groups in total. The summed E-state index contributed by atoms with van der Waals surface area (Å²) in [7, 11) is 1.62. The predicted octanol–water partition coefficient (Wildman–Crippen LogP) is 5.17. The quantitative estimate of drug-likeness (QED) is 0.439. The maximum Gasteiger partial charge on any atom is 0.270 e. The molecule has 0 bridgehead atoms. The Morgan fingerprint density at radius 1 is 1.00 bits per heavy atom. The third kappa shape index (κ3) is 4.78. The molecule has 1 amide bonds. The second-order valence-corrected chi connectivity index (χ2v) is 7.40. The van der Waals surface area contributed by atoms with Gasteiger partial charge in [-0.2, -0.15) is 5.10 Å². The molecule has 1 heterocycles. The first-order valence-corrected chi connectivity index (χ1v) is 10.3. The van der Waals surface area contributed by atoms with Gasteiger partial charge in [0.1, 0.15) is 11.4 Å². The highest BCUT2D eigenvalue weighted by atomic mass is 35.5. The third-order valence-electron chi connectivity index (χ3n) is 4.95. The van der Waals surface area contributed by atoms with Crippen molar-refractivity contribution in [2.24, 2.45) is 0 Å². The summed E-state index contributed by atoms with van der Waals surface area (Å²) in [6, 6.07) is 26.7. The molecule has 0 unspecified atom stereocenters. The highest BCUT2D eigenvalue weighted by Crippen LogP contribution is 2.28. The zero-order chi connectivity index (χ0) is 21.6. The first kappa shape index (κ1) is 20.7. The fourth-order valence-electron chi connectivity index (χ4n) is 3.32. The van der Waals surface area contributed by atoms with Crippen LogP contribution in [0.2, 0.25) is 5.02 Å². The number of hydrogen-bond donors (Lipinski definition) is 1. The zero-order valence-electron chi connectivity index (χ0n) is 17.1. The van der Waals surface area contributed by atoms with Crippen LogP contribution in [-0.4, -0.2) is 29.3 Å². The Balaban J connectivity index is 1.63. The lowest BCUT2D eigenvalue weighted by molar-refractivity contribution is 0.0946. The number of carbonyl (C=O) groups excluding carboxylic acids is 1. The van der Waals surface area contributed by atoms with Crippen LogP contribution in [-0.2, 0) is 6.42 Å². The van der Waals surface area contributed by atoms with Crippen LogP contribution in [0.15, 0.2) is 84.9 Å². The lowest BCUT2D eigenvalue weighted by Gasteiger charge is -2.09. The maximum absolute atomic E-state index is 13.1. The molecule has 0 saturated carbocycles. The fraction of sp³-hybridized carbons (Fsp3) is 0.120. The van der Waals surface area contributed by atoms with Crippen LogP contribution >= 0.6 is 11.6 Å². The Bertz CT molecular complexity index is 1170. The first-order valence-electron chi connectivity index (χ1n) is 9.97. The monoisotopic (exact) mass is 431 g/mol. The van der Waals surface area contributed by atoms with Gasteiger partial charge in [0.2, 0.25) is 0 Å². The van der Waals surface area contributed by atoms with Gasteiger partial charge in [-0.05, 0) is 48.4 Å². The molecule has 0 spiro atoms. The molecule has 4 rings (SSSR count). The molecule has 5 nitrogen and oxygen atoms in total. The van der Waals surface area contributed by atoms with Crippen LogP contribution in [0.25, 0.3) is 16.9 Å². The number of hydrogen-bond acceptors (Lipinski definition) is 3. The number of amides is 1. The average molecular weight is 432 g/mol. The second-order valence-electron chi connectivity index (χ2n) is 7.00. The summed E-state index contributed by atoms with van der Waals surface area (Å²) in [6.07, 6.45) is 0.751. The largest absolute Gasteiger partial charge is 0.497 e. The van der Waals surface area contributed by atoms with E-state index in [4.69, 9.17) is 16.3 Å². The van der Waals surface area contributed by atoms with Gasteiger partial charge >= 0.3 is 0 Å². The predicted molar refractivity (Wildman–Crippen MR) is 123 cm³/mol. The van der Waals surface area contributed by atoms with Crippen LogP contribution in [0.3, 0.4) is 0 Å². The van der Waals surface area contributed by atoms with Gasteiger partial charge in [0, 0.05) is 12.1 Å². The van der Waals surface area contributed by atoms with Crippen LogP contribution in [0.5, 0.6) is 5.75 Å². The second kappa shape index (κ2) is 9.49. The first-order chi connectivity index (χ1) is 15.2. The molecular formula is C25H22ClN3O2. The van der Waals surface area contributed by atoms with Crippen LogP contribution in [0.1, 0.15) is 16.1 Å². The number of ether oxygens (including phenoxy) is 1. The molecule has 0 aliphatic rings. The maximum atomic E-state index is 13.1. The Kier molecular flexibility index (Phi) is 6.34. The summed E-state index contributed by atoms with van der Waals surface area (Å²) >= 11 is 6.37. The van der Waals surface area contributed by atoms with Gasteiger partial charge in [-0.3, -0.25) is 4.79 Å². The van der Waals surface area contributed by atoms with E-state index in [1.54, 1.807) is 17.9 Å². The smallest absolute Gasteiger partial charge is 0.270 e. The van der Waals surface area contributed by atoms with Crippen molar-refractivity contribution >= 4 is 17.5 Å².